The second-order valence-electron chi connectivity index (χ2n) is 11.4. The number of hydrogen-bond acceptors (Lipinski definition) is 5. The summed E-state index contributed by atoms with van der Waals surface area (Å²) in [6, 6.07) is 44.3. The van der Waals surface area contributed by atoms with Crippen molar-refractivity contribution in [1.82, 2.24) is 19.9 Å². The van der Waals surface area contributed by atoms with Gasteiger partial charge in [-0.05, 0) is 82.1 Å². The Kier molecular flexibility index (Phi) is 7.84. The molecule has 9 rings (SSSR count). The first-order valence-corrected chi connectivity index (χ1v) is 16.5. The molecule has 0 saturated carbocycles. The molecular formula is C43H28N4S. The average Bonchev–Trinajstić information content (AvgIpc) is 3.78. The van der Waals surface area contributed by atoms with Crippen molar-refractivity contribution in [3.8, 4) is 67.6 Å². The van der Waals surface area contributed by atoms with Gasteiger partial charge >= 0.3 is 0 Å². The number of para-hydroxylation sites is 1. The van der Waals surface area contributed by atoms with Crippen molar-refractivity contribution in [2.45, 2.75) is 6.42 Å². The zero-order valence-electron chi connectivity index (χ0n) is 25.9. The van der Waals surface area contributed by atoms with E-state index in [4.69, 9.17) is 11.4 Å². The smallest absolute Gasteiger partial charge is 0.124 e. The Bertz CT molecular complexity index is 2410. The van der Waals surface area contributed by atoms with Crippen LogP contribution in [0.4, 0.5) is 0 Å². The van der Waals surface area contributed by atoms with Gasteiger partial charge in [0.25, 0.3) is 0 Å². The van der Waals surface area contributed by atoms with Gasteiger partial charge in [-0.2, -0.15) is 0 Å². The summed E-state index contributed by atoms with van der Waals surface area (Å²) in [7, 11) is 0. The Balaban J connectivity index is 0.000000149. The maximum atomic E-state index is 5.52. The van der Waals surface area contributed by atoms with Crippen LogP contribution in [0.25, 0.3) is 65.4 Å². The van der Waals surface area contributed by atoms with Crippen LogP contribution in [0.5, 0.6) is 0 Å². The predicted molar refractivity (Wildman–Crippen MR) is 197 cm³/mol. The van der Waals surface area contributed by atoms with Crippen LogP contribution in [0.1, 0.15) is 16.8 Å². The molecule has 226 valence electrons. The first kappa shape index (κ1) is 29.2. The molecule has 5 heteroatoms. The highest BCUT2D eigenvalue weighted by molar-refractivity contribution is 7.21. The Labute approximate surface area is 283 Å². The molecule has 0 aliphatic heterocycles. The summed E-state index contributed by atoms with van der Waals surface area (Å²) < 4.78 is 1.24. The largest absolute Gasteiger partial charge is 0.264 e. The van der Waals surface area contributed by atoms with Gasteiger partial charge in [-0.1, -0.05) is 91.0 Å². The fraction of sp³-hybridized carbons (Fsp3) is 0.0233. The Hall–Kier alpha value is -6.22. The topological polar surface area (TPSA) is 51.6 Å². The highest BCUT2D eigenvalue weighted by Crippen LogP contribution is 2.43. The monoisotopic (exact) mass is 632 g/mol. The summed E-state index contributed by atoms with van der Waals surface area (Å²) >= 11 is 1.75. The Morgan fingerprint density at radius 1 is 0.562 bits per heavy atom. The molecule has 1 aliphatic carbocycles. The van der Waals surface area contributed by atoms with E-state index in [1.165, 1.54) is 43.6 Å². The molecule has 0 unspecified atom stereocenters. The number of hydrogen-bond donors (Lipinski definition) is 0. The lowest BCUT2D eigenvalue weighted by molar-refractivity contribution is 1.25. The third-order valence-electron chi connectivity index (χ3n) is 8.53. The molecule has 0 amide bonds. The molecule has 4 aromatic heterocycles. The first-order chi connectivity index (χ1) is 23.8. The van der Waals surface area contributed by atoms with Crippen LogP contribution in [0.2, 0.25) is 0 Å². The molecule has 4 aromatic carbocycles. The van der Waals surface area contributed by atoms with E-state index in [0.29, 0.717) is 5.69 Å². The quantitative estimate of drug-likeness (QED) is 0.181. The lowest BCUT2D eigenvalue weighted by Gasteiger charge is -2.10. The highest BCUT2D eigenvalue weighted by Gasteiger charge is 2.21. The van der Waals surface area contributed by atoms with Crippen molar-refractivity contribution >= 4 is 21.6 Å². The van der Waals surface area contributed by atoms with E-state index < -0.39 is 0 Å². The van der Waals surface area contributed by atoms with Crippen molar-refractivity contribution in [2.75, 3.05) is 0 Å². The fourth-order valence-corrected chi connectivity index (χ4v) is 7.28. The molecule has 0 fully saturated rings. The summed E-state index contributed by atoms with van der Waals surface area (Å²) in [5.41, 5.74) is 14.7. The molecule has 0 spiro atoms. The van der Waals surface area contributed by atoms with Crippen LogP contribution >= 0.6 is 11.3 Å². The van der Waals surface area contributed by atoms with Gasteiger partial charge in [-0.3, -0.25) is 9.97 Å². The van der Waals surface area contributed by atoms with Gasteiger partial charge in [0.05, 0.1) is 15.9 Å². The Morgan fingerprint density at radius 3 is 2.10 bits per heavy atom. The molecule has 0 saturated heterocycles. The van der Waals surface area contributed by atoms with Crippen LogP contribution < -0.4 is 0 Å². The van der Waals surface area contributed by atoms with E-state index in [9.17, 15) is 0 Å². The van der Waals surface area contributed by atoms with E-state index >= 15 is 0 Å². The van der Waals surface area contributed by atoms with Crippen LogP contribution in [0.3, 0.4) is 0 Å². The number of pyridine rings is 3. The molecule has 0 N–H and O–H groups in total. The summed E-state index contributed by atoms with van der Waals surface area (Å²) in [6.45, 7) is 0. The number of fused-ring (bicyclic) bond motifs is 4. The lowest BCUT2D eigenvalue weighted by atomic mass is 9.94. The maximum Gasteiger partial charge on any atom is 0.124 e. The number of terminal acetylenes is 1. The first-order valence-electron chi connectivity index (χ1n) is 15.7. The van der Waals surface area contributed by atoms with E-state index in [0.717, 1.165) is 39.3 Å². The van der Waals surface area contributed by atoms with E-state index in [2.05, 4.69) is 106 Å². The molecule has 0 atom stereocenters. The van der Waals surface area contributed by atoms with Gasteiger partial charge in [0.15, 0.2) is 0 Å². The lowest BCUT2D eigenvalue weighted by Crippen LogP contribution is -1.93. The molecule has 1 aliphatic rings. The van der Waals surface area contributed by atoms with Gasteiger partial charge < -0.3 is 0 Å². The minimum Gasteiger partial charge on any atom is -0.264 e. The number of benzene rings is 4. The SMILES string of the molecule is C#Cc1ncccc1-c1ncccc1-c1cccnc1.c1ccc2c(c1)Cc1cccc(-c3ccc(-c4nc5ccccc5s4)cc3)c1-2. The summed E-state index contributed by atoms with van der Waals surface area (Å²) in [5.74, 6) is 2.61. The summed E-state index contributed by atoms with van der Waals surface area (Å²) in [6.07, 6.45) is 13.6. The van der Waals surface area contributed by atoms with Crippen molar-refractivity contribution in [2.24, 2.45) is 0 Å². The second-order valence-corrected chi connectivity index (χ2v) is 12.5. The maximum absolute atomic E-state index is 5.52. The number of aromatic nitrogens is 4. The van der Waals surface area contributed by atoms with Crippen molar-refractivity contribution in [3.05, 3.63) is 169 Å². The van der Waals surface area contributed by atoms with Crippen LogP contribution in [-0.4, -0.2) is 19.9 Å². The van der Waals surface area contributed by atoms with Gasteiger partial charge in [0.1, 0.15) is 10.7 Å². The fourth-order valence-electron chi connectivity index (χ4n) is 6.30. The van der Waals surface area contributed by atoms with Gasteiger partial charge in [0, 0.05) is 47.0 Å². The average molecular weight is 633 g/mol. The van der Waals surface area contributed by atoms with Crippen LogP contribution in [0.15, 0.2) is 152 Å². The van der Waals surface area contributed by atoms with Gasteiger partial charge in [-0.15, -0.1) is 17.8 Å². The molecule has 8 aromatic rings. The Morgan fingerprint density at radius 2 is 1.27 bits per heavy atom. The molecule has 0 bridgehead atoms. The summed E-state index contributed by atoms with van der Waals surface area (Å²) in [5, 5.41) is 1.08. The second kappa shape index (κ2) is 12.9. The van der Waals surface area contributed by atoms with Crippen LogP contribution in [-0.2, 0) is 6.42 Å². The van der Waals surface area contributed by atoms with Crippen molar-refractivity contribution in [1.29, 1.82) is 0 Å². The van der Waals surface area contributed by atoms with Gasteiger partial charge in [-0.25, -0.2) is 9.97 Å². The molecule has 48 heavy (non-hydrogen) atoms. The molecule has 4 heterocycles. The highest BCUT2D eigenvalue weighted by atomic mass is 32.1. The molecular weight excluding hydrogens is 605 g/mol. The molecule has 4 nitrogen and oxygen atoms in total. The zero-order valence-corrected chi connectivity index (χ0v) is 26.7. The summed E-state index contributed by atoms with van der Waals surface area (Å²) in [4.78, 5) is 17.6. The van der Waals surface area contributed by atoms with Gasteiger partial charge in [0.2, 0.25) is 0 Å². The molecule has 0 radical (unpaired) electrons. The van der Waals surface area contributed by atoms with Crippen molar-refractivity contribution in [3.63, 3.8) is 0 Å². The zero-order chi connectivity index (χ0) is 32.3. The number of rotatable bonds is 4. The number of thiazole rings is 1. The number of nitrogens with zero attached hydrogens (tertiary/aromatic N) is 4. The van der Waals surface area contributed by atoms with Crippen molar-refractivity contribution < 1.29 is 0 Å². The third-order valence-corrected chi connectivity index (χ3v) is 9.62. The normalized spacial score (nSPS) is 11.2. The van der Waals surface area contributed by atoms with E-state index in [1.807, 2.05) is 48.7 Å². The predicted octanol–water partition coefficient (Wildman–Crippen LogP) is 10.4. The van der Waals surface area contributed by atoms with E-state index in [-0.39, 0.29) is 0 Å². The minimum absolute atomic E-state index is 0.594. The van der Waals surface area contributed by atoms with E-state index in [1.54, 1.807) is 29.9 Å². The van der Waals surface area contributed by atoms with Crippen LogP contribution in [0, 0.1) is 12.3 Å². The standard InChI is InChI=1S/C26H17NS.C17H11N3/c1-2-8-22-19(6-1)16-20-7-5-9-21(25(20)22)17-12-14-18(15-13-17)26-27-23-10-3-4-11-24(23)28-26;1-2-16-15(8-5-10-19-16)17-14(7-4-11-20-17)13-6-3-9-18-12-13/h1-15H,16H2;1,3-12H. The third kappa shape index (κ3) is 5.55. The minimum atomic E-state index is 0.594.